The van der Waals surface area contributed by atoms with Crippen LogP contribution in [0.15, 0.2) is 51.8 Å². The molecule has 1 saturated heterocycles. The molecule has 0 spiro atoms. The number of nitrogens with one attached hydrogen (secondary N) is 1. The van der Waals surface area contributed by atoms with E-state index in [2.05, 4.69) is 21.2 Å². The lowest BCUT2D eigenvalue weighted by Gasteiger charge is -2.32. The van der Waals surface area contributed by atoms with E-state index in [9.17, 15) is 13.2 Å². The second-order valence-electron chi connectivity index (χ2n) is 7.54. The molecule has 30 heavy (non-hydrogen) atoms. The molecule has 0 aromatic heterocycles. The second-order valence-corrected chi connectivity index (χ2v) is 10.3. The number of rotatable bonds is 6. The molecule has 1 N–H and O–H groups in total. The summed E-state index contributed by atoms with van der Waals surface area (Å²) in [6.45, 7) is 4.27. The first-order chi connectivity index (χ1) is 14.3. The number of nitrogens with zero attached hydrogens (tertiary/aromatic N) is 1. The molecule has 0 saturated carbocycles. The molecule has 0 radical (unpaired) electrons. The maximum absolute atomic E-state index is 13.3. The van der Waals surface area contributed by atoms with Gasteiger partial charge in [0, 0.05) is 22.6 Å². The summed E-state index contributed by atoms with van der Waals surface area (Å²) in [5, 5.41) is 2.94. The molecule has 0 bridgehead atoms. The highest BCUT2D eigenvalue weighted by molar-refractivity contribution is 9.10. The van der Waals surface area contributed by atoms with Crippen LogP contribution in [0.3, 0.4) is 0 Å². The molecule has 1 aliphatic heterocycles. The van der Waals surface area contributed by atoms with Crippen molar-refractivity contribution in [3.8, 4) is 5.75 Å². The van der Waals surface area contributed by atoms with Crippen LogP contribution < -0.4 is 10.1 Å². The topological polar surface area (TPSA) is 75.7 Å². The molecule has 8 heteroatoms. The van der Waals surface area contributed by atoms with E-state index in [0.717, 1.165) is 29.3 Å². The highest BCUT2D eigenvalue weighted by Crippen LogP contribution is 2.32. The van der Waals surface area contributed by atoms with Gasteiger partial charge < -0.3 is 10.1 Å². The zero-order chi connectivity index (χ0) is 21.9. The number of sulfonamides is 1. The van der Waals surface area contributed by atoms with Gasteiger partial charge in [0.05, 0.1) is 13.2 Å². The van der Waals surface area contributed by atoms with Gasteiger partial charge in [0.25, 0.3) is 5.91 Å². The third-order valence-electron chi connectivity index (χ3n) is 5.47. The van der Waals surface area contributed by atoms with Crippen molar-refractivity contribution in [1.82, 2.24) is 9.62 Å². The third kappa shape index (κ3) is 4.71. The van der Waals surface area contributed by atoms with Crippen LogP contribution in [0.4, 0.5) is 0 Å². The lowest BCUT2D eigenvalue weighted by Crippen LogP contribution is -2.42. The Bertz CT molecular complexity index is 1030. The quantitative estimate of drug-likeness (QED) is 0.640. The molecule has 2 atom stereocenters. The summed E-state index contributed by atoms with van der Waals surface area (Å²) in [5.41, 5.74) is 1.22. The van der Waals surface area contributed by atoms with Crippen LogP contribution in [0.1, 0.15) is 55.1 Å². The predicted molar refractivity (Wildman–Crippen MR) is 120 cm³/mol. The van der Waals surface area contributed by atoms with Gasteiger partial charge in [-0.25, -0.2) is 8.42 Å². The van der Waals surface area contributed by atoms with E-state index in [1.165, 1.54) is 17.5 Å². The van der Waals surface area contributed by atoms with Crippen molar-refractivity contribution < 1.29 is 17.9 Å². The Morgan fingerprint density at radius 2 is 1.97 bits per heavy atom. The number of carbonyl (C=O) groups excluding carboxylic acids is 1. The van der Waals surface area contributed by atoms with Gasteiger partial charge in [-0.2, -0.15) is 4.31 Å². The van der Waals surface area contributed by atoms with Crippen molar-refractivity contribution in [2.24, 2.45) is 0 Å². The highest BCUT2D eigenvalue weighted by atomic mass is 79.9. The minimum atomic E-state index is -3.78. The molecule has 1 fully saturated rings. The summed E-state index contributed by atoms with van der Waals surface area (Å²) >= 11 is 3.50. The average molecular weight is 495 g/mol. The maximum Gasteiger partial charge on any atom is 0.251 e. The minimum absolute atomic E-state index is 0.0277. The van der Waals surface area contributed by atoms with Crippen molar-refractivity contribution in [3.63, 3.8) is 0 Å². The van der Waals surface area contributed by atoms with Crippen LogP contribution in [0.2, 0.25) is 0 Å². The maximum atomic E-state index is 13.3. The molecule has 3 rings (SSSR count). The lowest BCUT2D eigenvalue weighted by atomic mass is 10.1. The summed E-state index contributed by atoms with van der Waals surface area (Å²) in [6, 6.07) is 11.9. The molecular weight excluding hydrogens is 468 g/mol. The van der Waals surface area contributed by atoms with Crippen molar-refractivity contribution in [3.05, 3.63) is 58.1 Å². The summed E-state index contributed by atoms with van der Waals surface area (Å²) in [5.74, 6) is -0.104. The number of benzene rings is 2. The average Bonchev–Trinajstić information content (AvgIpc) is 2.73. The molecule has 0 aliphatic carbocycles. The summed E-state index contributed by atoms with van der Waals surface area (Å²) in [7, 11) is -2.34. The summed E-state index contributed by atoms with van der Waals surface area (Å²) in [6.07, 6.45) is 2.67. The number of amides is 1. The minimum Gasteiger partial charge on any atom is -0.495 e. The Morgan fingerprint density at radius 1 is 1.23 bits per heavy atom. The zero-order valence-corrected chi connectivity index (χ0v) is 19.8. The van der Waals surface area contributed by atoms with Crippen LogP contribution in [-0.2, 0) is 10.0 Å². The molecule has 1 aliphatic rings. The zero-order valence-electron chi connectivity index (χ0n) is 17.4. The molecule has 2 aromatic rings. The smallest absolute Gasteiger partial charge is 0.251 e. The van der Waals surface area contributed by atoms with Crippen LogP contribution in [0, 0.1) is 0 Å². The van der Waals surface area contributed by atoms with E-state index in [0.29, 0.717) is 6.54 Å². The number of hydrogen-bond acceptors (Lipinski definition) is 4. The lowest BCUT2D eigenvalue weighted by molar-refractivity contribution is 0.0939. The SMILES string of the molecule is COc1ccc(C(=O)N[C@H](C)c2ccccc2Br)cc1S(=O)(=O)N1CCCC[C@H]1C. The molecule has 2 aromatic carbocycles. The van der Waals surface area contributed by atoms with Crippen LogP contribution >= 0.6 is 15.9 Å². The Balaban J connectivity index is 1.90. The van der Waals surface area contributed by atoms with E-state index >= 15 is 0 Å². The van der Waals surface area contributed by atoms with Crippen LogP contribution in [0.25, 0.3) is 0 Å². The van der Waals surface area contributed by atoms with Gasteiger partial charge in [0.15, 0.2) is 0 Å². The number of ether oxygens (including phenoxy) is 1. The monoisotopic (exact) mass is 494 g/mol. The molecule has 1 amide bonds. The van der Waals surface area contributed by atoms with Gasteiger partial charge in [-0.05, 0) is 56.5 Å². The highest BCUT2D eigenvalue weighted by Gasteiger charge is 2.33. The number of methoxy groups -OCH3 is 1. The normalized spacial score (nSPS) is 18.6. The van der Waals surface area contributed by atoms with E-state index in [1.807, 2.05) is 38.1 Å². The van der Waals surface area contributed by atoms with E-state index in [1.54, 1.807) is 12.1 Å². The molecule has 0 unspecified atom stereocenters. The van der Waals surface area contributed by atoms with Crippen molar-refractivity contribution >= 4 is 31.9 Å². The molecular formula is C22H27BrN2O4S. The molecule has 162 valence electrons. The van der Waals surface area contributed by atoms with Crippen LogP contribution in [0.5, 0.6) is 5.75 Å². The molecule has 1 heterocycles. The summed E-state index contributed by atoms with van der Waals surface area (Å²) < 4.78 is 34.4. The first-order valence-electron chi connectivity index (χ1n) is 10.0. The van der Waals surface area contributed by atoms with Gasteiger partial charge in [-0.1, -0.05) is 40.5 Å². The Labute approximate surface area is 186 Å². The van der Waals surface area contributed by atoms with Gasteiger partial charge in [0.1, 0.15) is 10.6 Å². The Kier molecular flexibility index (Phi) is 7.21. The van der Waals surface area contributed by atoms with Crippen molar-refractivity contribution in [2.45, 2.75) is 50.1 Å². The fraction of sp³-hybridized carbons (Fsp3) is 0.409. The van der Waals surface area contributed by atoms with Crippen molar-refractivity contribution in [1.29, 1.82) is 0 Å². The fourth-order valence-electron chi connectivity index (χ4n) is 3.76. The third-order valence-corrected chi connectivity index (χ3v) is 8.23. The Morgan fingerprint density at radius 3 is 2.63 bits per heavy atom. The summed E-state index contributed by atoms with van der Waals surface area (Å²) in [4.78, 5) is 12.9. The largest absolute Gasteiger partial charge is 0.495 e. The number of hydrogen-bond donors (Lipinski definition) is 1. The number of carbonyl (C=O) groups is 1. The van der Waals surface area contributed by atoms with Gasteiger partial charge in [0.2, 0.25) is 10.0 Å². The second kappa shape index (κ2) is 9.49. The van der Waals surface area contributed by atoms with E-state index in [-0.39, 0.29) is 34.2 Å². The fourth-order valence-corrected chi connectivity index (χ4v) is 6.27. The van der Waals surface area contributed by atoms with Crippen molar-refractivity contribution in [2.75, 3.05) is 13.7 Å². The number of piperidine rings is 1. The molecule has 6 nitrogen and oxygen atoms in total. The predicted octanol–water partition coefficient (Wildman–Crippen LogP) is 4.51. The van der Waals surface area contributed by atoms with Gasteiger partial charge in [-0.15, -0.1) is 0 Å². The standard InChI is InChI=1S/C22H27BrN2O4S/c1-15-8-6-7-13-25(15)30(27,28)21-14-17(11-12-20(21)29-3)22(26)24-16(2)18-9-4-5-10-19(18)23/h4-5,9-12,14-16H,6-8,13H2,1-3H3,(H,24,26)/t15-,16-/m1/s1. The van der Waals surface area contributed by atoms with E-state index in [4.69, 9.17) is 4.74 Å². The Hall–Kier alpha value is -1.90. The van der Waals surface area contributed by atoms with Gasteiger partial charge >= 0.3 is 0 Å². The van der Waals surface area contributed by atoms with Gasteiger partial charge in [-0.3, -0.25) is 4.79 Å². The van der Waals surface area contributed by atoms with E-state index < -0.39 is 10.0 Å². The first-order valence-corrected chi connectivity index (χ1v) is 12.2. The van der Waals surface area contributed by atoms with Crippen LogP contribution in [-0.4, -0.2) is 38.3 Å². The number of halogens is 1. The first kappa shape index (κ1) is 22.8.